The molecule has 2 aliphatic carbocycles. The smallest absolute Gasteiger partial charge is 0.232 e. The second-order valence-corrected chi connectivity index (χ2v) is 8.99. The van der Waals surface area contributed by atoms with Crippen LogP contribution in [0.4, 0.5) is 5.69 Å². The number of nitrogens with one attached hydrogen (secondary N) is 1. The minimum Gasteiger partial charge on any atom is -0.324 e. The van der Waals surface area contributed by atoms with Crippen LogP contribution in [0.5, 0.6) is 0 Å². The Balaban J connectivity index is 2.02. The Morgan fingerprint density at radius 3 is 2.48 bits per heavy atom. The minimum atomic E-state index is -0.787. The molecule has 124 valence electrons. The number of ketones is 1. The lowest BCUT2D eigenvalue weighted by Crippen LogP contribution is -2.48. The third-order valence-electron chi connectivity index (χ3n) is 6.30. The number of hydrogen-bond donors (Lipinski definition) is 1. The average molecular weight is 419 g/mol. The second-order valence-electron chi connectivity index (χ2n) is 7.23. The molecule has 3 nitrogen and oxygen atoms in total. The predicted molar refractivity (Wildman–Crippen MR) is 96.4 cm³/mol. The van der Waals surface area contributed by atoms with E-state index in [0.717, 1.165) is 6.42 Å². The Morgan fingerprint density at radius 1 is 1.26 bits per heavy atom. The molecule has 1 aromatic rings. The van der Waals surface area contributed by atoms with Gasteiger partial charge in [0.25, 0.3) is 0 Å². The van der Waals surface area contributed by atoms with E-state index >= 15 is 0 Å². The molecule has 1 amide bonds. The SMILES string of the molecule is CC1(C)[C@]2(C)CC[C@@]1(C(=O)Nc1cc(Cl)ccc1Cl)[C@H](Br)C2=O. The van der Waals surface area contributed by atoms with Gasteiger partial charge in [-0.1, -0.05) is 59.9 Å². The van der Waals surface area contributed by atoms with E-state index < -0.39 is 21.1 Å². The molecule has 3 atom stereocenters. The number of alkyl halides is 1. The first kappa shape index (κ1) is 17.2. The quantitative estimate of drug-likeness (QED) is 0.679. The van der Waals surface area contributed by atoms with Crippen LogP contribution in [0.3, 0.4) is 0 Å². The van der Waals surface area contributed by atoms with E-state index in [0.29, 0.717) is 22.2 Å². The van der Waals surface area contributed by atoms with Crippen LogP contribution in [-0.4, -0.2) is 16.5 Å². The maximum Gasteiger partial charge on any atom is 0.232 e. The van der Waals surface area contributed by atoms with Crippen LogP contribution in [0.25, 0.3) is 0 Å². The number of rotatable bonds is 2. The monoisotopic (exact) mass is 417 g/mol. The summed E-state index contributed by atoms with van der Waals surface area (Å²) in [7, 11) is 0. The van der Waals surface area contributed by atoms with E-state index in [4.69, 9.17) is 23.2 Å². The highest BCUT2D eigenvalue weighted by Crippen LogP contribution is 2.72. The van der Waals surface area contributed by atoms with Gasteiger partial charge in [0.05, 0.1) is 21.0 Å². The Labute approximate surface area is 154 Å². The first-order valence-corrected chi connectivity index (χ1v) is 9.20. The molecule has 1 N–H and O–H groups in total. The van der Waals surface area contributed by atoms with Gasteiger partial charge in [-0.3, -0.25) is 9.59 Å². The summed E-state index contributed by atoms with van der Waals surface area (Å²) in [6, 6.07) is 4.94. The molecule has 0 heterocycles. The fourth-order valence-corrected chi connectivity index (χ4v) is 6.13. The number of fused-ring (bicyclic) bond motifs is 2. The summed E-state index contributed by atoms with van der Waals surface area (Å²) in [5.74, 6) is -0.0655. The fraction of sp³-hybridized carbons (Fsp3) is 0.529. The zero-order valence-corrected chi connectivity index (χ0v) is 16.3. The Hall–Kier alpha value is -0.580. The number of halogens is 3. The highest BCUT2D eigenvalue weighted by Gasteiger charge is 2.76. The lowest BCUT2D eigenvalue weighted by Gasteiger charge is -2.39. The van der Waals surface area contributed by atoms with Gasteiger partial charge < -0.3 is 5.32 Å². The molecule has 2 saturated carbocycles. The zero-order chi connectivity index (χ0) is 17.2. The molecule has 0 unspecified atom stereocenters. The molecule has 0 aliphatic heterocycles. The van der Waals surface area contributed by atoms with Gasteiger partial charge in [0, 0.05) is 10.4 Å². The van der Waals surface area contributed by atoms with Crippen LogP contribution in [0.15, 0.2) is 18.2 Å². The first-order chi connectivity index (χ1) is 10.6. The summed E-state index contributed by atoms with van der Waals surface area (Å²) >= 11 is 15.7. The number of carbonyl (C=O) groups is 2. The molecule has 0 spiro atoms. The Kier molecular flexibility index (Phi) is 3.90. The van der Waals surface area contributed by atoms with Crippen molar-refractivity contribution in [2.24, 2.45) is 16.2 Å². The van der Waals surface area contributed by atoms with Gasteiger partial charge in [0.2, 0.25) is 5.91 Å². The summed E-state index contributed by atoms with van der Waals surface area (Å²) in [6.45, 7) is 5.99. The molecule has 23 heavy (non-hydrogen) atoms. The van der Waals surface area contributed by atoms with E-state index in [1.54, 1.807) is 18.2 Å². The maximum atomic E-state index is 13.2. The van der Waals surface area contributed by atoms with Crippen molar-refractivity contribution in [3.05, 3.63) is 28.2 Å². The lowest BCUT2D eigenvalue weighted by molar-refractivity contribution is -0.130. The Morgan fingerprint density at radius 2 is 1.91 bits per heavy atom. The molecular formula is C17H18BrCl2NO2. The highest BCUT2D eigenvalue weighted by molar-refractivity contribution is 9.10. The molecule has 3 rings (SSSR count). The predicted octanol–water partition coefficient (Wildman–Crippen LogP) is 5.09. The summed E-state index contributed by atoms with van der Waals surface area (Å²) in [4.78, 5) is 25.4. The van der Waals surface area contributed by atoms with Crippen LogP contribution in [0, 0.1) is 16.2 Å². The van der Waals surface area contributed by atoms with Crippen LogP contribution >= 0.6 is 39.1 Å². The van der Waals surface area contributed by atoms with Crippen molar-refractivity contribution in [3.63, 3.8) is 0 Å². The lowest BCUT2D eigenvalue weighted by atomic mass is 9.64. The molecule has 0 aromatic heterocycles. The van der Waals surface area contributed by atoms with E-state index in [1.165, 1.54) is 0 Å². The van der Waals surface area contributed by atoms with E-state index in [-0.39, 0.29) is 11.7 Å². The summed E-state index contributed by atoms with van der Waals surface area (Å²) in [6.07, 6.45) is 1.39. The van der Waals surface area contributed by atoms with E-state index in [9.17, 15) is 9.59 Å². The van der Waals surface area contributed by atoms with Crippen molar-refractivity contribution in [3.8, 4) is 0 Å². The molecular weight excluding hydrogens is 401 g/mol. The zero-order valence-electron chi connectivity index (χ0n) is 13.2. The van der Waals surface area contributed by atoms with E-state index in [1.807, 2.05) is 20.8 Å². The van der Waals surface area contributed by atoms with Crippen LogP contribution in [0.2, 0.25) is 10.0 Å². The number of Topliss-reactive ketones (excluding diaryl/α,β-unsaturated/α-hetero) is 1. The minimum absolute atomic E-state index is 0.112. The van der Waals surface area contributed by atoms with E-state index in [2.05, 4.69) is 21.2 Å². The van der Waals surface area contributed by atoms with Gasteiger partial charge in [-0.05, 0) is 36.5 Å². The van der Waals surface area contributed by atoms with Crippen molar-refractivity contribution < 1.29 is 9.59 Å². The highest BCUT2D eigenvalue weighted by atomic mass is 79.9. The third-order valence-corrected chi connectivity index (χ3v) is 8.06. The van der Waals surface area contributed by atoms with Gasteiger partial charge in [-0.15, -0.1) is 0 Å². The normalized spacial score (nSPS) is 34.7. The number of hydrogen-bond acceptors (Lipinski definition) is 2. The maximum absolute atomic E-state index is 13.2. The van der Waals surface area contributed by atoms with Gasteiger partial charge in [0.1, 0.15) is 0 Å². The van der Waals surface area contributed by atoms with Crippen molar-refractivity contribution in [2.45, 2.75) is 38.4 Å². The van der Waals surface area contributed by atoms with Gasteiger partial charge >= 0.3 is 0 Å². The molecule has 6 heteroatoms. The van der Waals surface area contributed by atoms with Gasteiger partial charge in [-0.25, -0.2) is 0 Å². The van der Waals surface area contributed by atoms with Gasteiger partial charge in [-0.2, -0.15) is 0 Å². The number of benzene rings is 1. The summed E-state index contributed by atoms with van der Waals surface area (Å²) in [5, 5.41) is 3.82. The molecule has 0 saturated heterocycles. The Bertz CT molecular complexity index is 721. The number of anilines is 1. The van der Waals surface area contributed by atoms with Crippen LogP contribution in [0.1, 0.15) is 33.6 Å². The number of amides is 1. The fourth-order valence-electron chi connectivity index (χ4n) is 4.28. The molecule has 0 radical (unpaired) electrons. The standard InChI is InChI=1S/C17H18BrCl2NO2/c1-15(2)16(3)6-7-17(15,12(18)13(16)22)14(23)21-11-8-9(19)4-5-10(11)20/h4-5,8,12H,6-7H2,1-3H3,(H,21,23)/t12-,16-,17+/m1/s1. The van der Waals surface area contributed by atoms with Crippen LogP contribution < -0.4 is 5.32 Å². The molecule has 2 fully saturated rings. The van der Waals surface area contributed by atoms with Crippen molar-refractivity contribution in [1.82, 2.24) is 0 Å². The molecule has 2 bridgehead atoms. The van der Waals surface area contributed by atoms with Crippen molar-refractivity contribution in [2.75, 3.05) is 5.32 Å². The number of carbonyl (C=O) groups excluding carboxylic acids is 2. The third kappa shape index (κ3) is 2.01. The van der Waals surface area contributed by atoms with Crippen LogP contribution in [-0.2, 0) is 9.59 Å². The topological polar surface area (TPSA) is 46.2 Å². The van der Waals surface area contributed by atoms with Crippen molar-refractivity contribution in [1.29, 1.82) is 0 Å². The van der Waals surface area contributed by atoms with Gasteiger partial charge in [0.15, 0.2) is 5.78 Å². The summed E-state index contributed by atoms with van der Waals surface area (Å²) < 4.78 is 0. The van der Waals surface area contributed by atoms with Crippen molar-refractivity contribution >= 4 is 56.5 Å². The second kappa shape index (κ2) is 5.21. The summed E-state index contributed by atoms with van der Waals surface area (Å²) in [5.41, 5.74) is -1.25. The first-order valence-electron chi connectivity index (χ1n) is 7.53. The largest absolute Gasteiger partial charge is 0.324 e. The average Bonchev–Trinajstić information content (AvgIpc) is 2.75. The molecule has 2 aliphatic rings. The molecule has 1 aromatic carbocycles.